The summed E-state index contributed by atoms with van der Waals surface area (Å²) in [6.45, 7) is 3.43. The average Bonchev–Trinajstić information content (AvgIpc) is 2.83. The van der Waals surface area contributed by atoms with Crippen LogP contribution in [-0.4, -0.2) is 41.5 Å². The minimum atomic E-state index is -0.537. The van der Waals surface area contributed by atoms with Crippen LogP contribution in [0.4, 0.5) is 10.5 Å². The maximum Gasteiger partial charge on any atom is 0.411 e. The van der Waals surface area contributed by atoms with Crippen LogP contribution < -0.4 is 21.9 Å². The molecule has 0 saturated heterocycles. The van der Waals surface area contributed by atoms with E-state index in [4.69, 9.17) is 10.5 Å². The SMILES string of the molecule is CCOC(=O)Nc1cccc(Cn2nc(-c3ccc(C(=O)NCCCCN)cc3)ccc2=O)c1. The van der Waals surface area contributed by atoms with Crippen molar-refractivity contribution in [2.24, 2.45) is 5.73 Å². The standard InChI is InChI=1S/C25H29N5O4/c1-2-34-25(33)28-21-7-5-6-18(16-21)17-30-23(31)13-12-22(29-30)19-8-10-20(11-9-19)24(32)27-15-4-3-14-26/h5-13,16H,2-4,14-15,17,26H2,1H3,(H,27,32)(H,28,33). The molecule has 1 aromatic heterocycles. The van der Waals surface area contributed by atoms with Crippen LogP contribution in [0.1, 0.15) is 35.7 Å². The van der Waals surface area contributed by atoms with Crippen molar-refractivity contribution in [2.45, 2.75) is 26.3 Å². The summed E-state index contributed by atoms with van der Waals surface area (Å²) in [5.74, 6) is -0.141. The van der Waals surface area contributed by atoms with E-state index in [9.17, 15) is 14.4 Å². The summed E-state index contributed by atoms with van der Waals surface area (Å²) in [7, 11) is 0. The molecule has 1 heterocycles. The summed E-state index contributed by atoms with van der Waals surface area (Å²) < 4.78 is 6.25. The van der Waals surface area contributed by atoms with Gasteiger partial charge in [0.2, 0.25) is 0 Å². The van der Waals surface area contributed by atoms with Gasteiger partial charge in [0.15, 0.2) is 0 Å². The van der Waals surface area contributed by atoms with Gasteiger partial charge in [-0.15, -0.1) is 0 Å². The van der Waals surface area contributed by atoms with E-state index in [-0.39, 0.29) is 24.6 Å². The summed E-state index contributed by atoms with van der Waals surface area (Å²) in [4.78, 5) is 36.3. The van der Waals surface area contributed by atoms with E-state index in [1.165, 1.54) is 10.7 Å². The second kappa shape index (κ2) is 12.3. The zero-order valence-electron chi connectivity index (χ0n) is 19.1. The topological polar surface area (TPSA) is 128 Å². The van der Waals surface area contributed by atoms with Crippen molar-refractivity contribution in [1.29, 1.82) is 0 Å². The molecule has 0 aliphatic heterocycles. The molecule has 4 N–H and O–H groups in total. The van der Waals surface area contributed by atoms with Gasteiger partial charge >= 0.3 is 6.09 Å². The first-order valence-electron chi connectivity index (χ1n) is 11.2. The third kappa shape index (κ3) is 7.01. The van der Waals surface area contributed by atoms with Crippen molar-refractivity contribution < 1.29 is 14.3 Å². The quantitative estimate of drug-likeness (QED) is 0.397. The highest BCUT2D eigenvalue weighted by Crippen LogP contribution is 2.17. The molecule has 0 radical (unpaired) electrons. The number of benzene rings is 2. The summed E-state index contributed by atoms with van der Waals surface area (Å²) in [5, 5.41) is 10.00. The summed E-state index contributed by atoms with van der Waals surface area (Å²) in [5.41, 5.74) is 8.52. The van der Waals surface area contributed by atoms with Gasteiger partial charge in [-0.2, -0.15) is 5.10 Å². The number of hydrogen-bond acceptors (Lipinski definition) is 6. The number of rotatable bonds is 10. The van der Waals surface area contributed by atoms with Crippen LogP contribution in [0.3, 0.4) is 0 Å². The third-order valence-electron chi connectivity index (χ3n) is 5.01. The molecule has 34 heavy (non-hydrogen) atoms. The number of nitrogens with one attached hydrogen (secondary N) is 2. The van der Waals surface area contributed by atoms with Gasteiger partial charge in [-0.3, -0.25) is 14.9 Å². The molecule has 0 atom stereocenters. The zero-order valence-corrected chi connectivity index (χ0v) is 19.1. The van der Waals surface area contributed by atoms with Crippen molar-refractivity contribution in [2.75, 3.05) is 25.0 Å². The molecule has 2 amide bonds. The van der Waals surface area contributed by atoms with Gasteiger partial charge in [-0.1, -0.05) is 24.3 Å². The van der Waals surface area contributed by atoms with Crippen LogP contribution in [0.5, 0.6) is 0 Å². The fourth-order valence-electron chi connectivity index (χ4n) is 3.29. The highest BCUT2D eigenvalue weighted by atomic mass is 16.5. The number of aromatic nitrogens is 2. The zero-order chi connectivity index (χ0) is 24.3. The molecule has 0 unspecified atom stereocenters. The maximum atomic E-state index is 12.4. The fraction of sp³-hybridized carbons (Fsp3) is 0.280. The largest absolute Gasteiger partial charge is 0.450 e. The Kier molecular flexibility index (Phi) is 8.93. The van der Waals surface area contributed by atoms with Crippen molar-refractivity contribution in [3.63, 3.8) is 0 Å². The molecule has 3 rings (SSSR count). The lowest BCUT2D eigenvalue weighted by Crippen LogP contribution is -2.24. The lowest BCUT2D eigenvalue weighted by atomic mass is 10.1. The molecule has 0 bridgehead atoms. The van der Waals surface area contributed by atoms with Crippen LogP contribution in [0.25, 0.3) is 11.3 Å². The minimum Gasteiger partial charge on any atom is -0.450 e. The Labute approximate surface area is 197 Å². The monoisotopic (exact) mass is 463 g/mol. The van der Waals surface area contributed by atoms with Crippen molar-refractivity contribution in [3.05, 3.63) is 82.1 Å². The number of anilines is 1. The summed E-state index contributed by atoms with van der Waals surface area (Å²) in [6.07, 6.45) is 1.17. The Morgan fingerprint density at radius 3 is 2.59 bits per heavy atom. The van der Waals surface area contributed by atoms with Gasteiger partial charge in [0.1, 0.15) is 0 Å². The van der Waals surface area contributed by atoms with E-state index >= 15 is 0 Å². The molecule has 3 aromatic rings. The van der Waals surface area contributed by atoms with E-state index in [0.29, 0.717) is 30.0 Å². The highest BCUT2D eigenvalue weighted by Gasteiger charge is 2.09. The Balaban J connectivity index is 1.71. The van der Waals surface area contributed by atoms with Gasteiger partial charge < -0.3 is 15.8 Å². The number of nitrogens with zero attached hydrogens (tertiary/aromatic N) is 2. The Morgan fingerprint density at radius 2 is 1.85 bits per heavy atom. The molecule has 0 saturated carbocycles. The van der Waals surface area contributed by atoms with Crippen molar-refractivity contribution in [1.82, 2.24) is 15.1 Å². The molecule has 0 fully saturated rings. The van der Waals surface area contributed by atoms with E-state index in [1.807, 2.05) is 6.07 Å². The Hall–Kier alpha value is -3.98. The number of amides is 2. The van der Waals surface area contributed by atoms with Gasteiger partial charge in [-0.05, 0) is 62.2 Å². The molecule has 0 aliphatic rings. The van der Waals surface area contributed by atoms with Crippen LogP contribution in [0, 0.1) is 0 Å². The smallest absolute Gasteiger partial charge is 0.411 e. The number of carbonyl (C=O) groups excluding carboxylic acids is 2. The molecule has 0 spiro atoms. The van der Waals surface area contributed by atoms with Gasteiger partial charge in [0.25, 0.3) is 11.5 Å². The van der Waals surface area contributed by atoms with Crippen molar-refractivity contribution in [3.8, 4) is 11.3 Å². The second-order valence-corrected chi connectivity index (χ2v) is 7.59. The first-order valence-corrected chi connectivity index (χ1v) is 11.2. The van der Waals surface area contributed by atoms with Crippen molar-refractivity contribution >= 4 is 17.7 Å². The predicted molar refractivity (Wildman–Crippen MR) is 131 cm³/mol. The minimum absolute atomic E-state index is 0.141. The van der Waals surface area contributed by atoms with Gasteiger partial charge in [0, 0.05) is 29.4 Å². The lowest BCUT2D eigenvalue weighted by Gasteiger charge is -2.10. The van der Waals surface area contributed by atoms with E-state index in [2.05, 4.69) is 15.7 Å². The first kappa shape index (κ1) is 24.7. The van der Waals surface area contributed by atoms with E-state index < -0.39 is 6.09 Å². The first-order chi connectivity index (χ1) is 16.5. The maximum absolute atomic E-state index is 12.4. The molecule has 0 aliphatic carbocycles. The summed E-state index contributed by atoms with van der Waals surface area (Å²) >= 11 is 0. The van der Waals surface area contributed by atoms with Gasteiger partial charge in [-0.25, -0.2) is 9.48 Å². The van der Waals surface area contributed by atoms with Gasteiger partial charge in [0.05, 0.1) is 18.8 Å². The van der Waals surface area contributed by atoms with Crippen LogP contribution in [0.2, 0.25) is 0 Å². The van der Waals surface area contributed by atoms with E-state index in [0.717, 1.165) is 24.0 Å². The molecule has 178 valence electrons. The molecular weight excluding hydrogens is 434 g/mol. The van der Waals surface area contributed by atoms with Crippen LogP contribution in [-0.2, 0) is 11.3 Å². The highest BCUT2D eigenvalue weighted by molar-refractivity contribution is 5.94. The van der Waals surface area contributed by atoms with Crippen LogP contribution in [0.15, 0.2) is 65.5 Å². The molecule has 9 heteroatoms. The van der Waals surface area contributed by atoms with Crippen LogP contribution >= 0.6 is 0 Å². The number of nitrogens with two attached hydrogens (primary N) is 1. The average molecular weight is 464 g/mol. The molecular formula is C25H29N5O4. The fourth-order valence-corrected chi connectivity index (χ4v) is 3.29. The molecule has 2 aromatic carbocycles. The lowest BCUT2D eigenvalue weighted by molar-refractivity contribution is 0.0953. The molecule has 9 nitrogen and oxygen atoms in total. The normalized spacial score (nSPS) is 10.5. The third-order valence-corrected chi connectivity index (χ3v) is 5.01. The van der Waals surface area contributed by atoms with E-state index in [1.54, 1.807) is 55.5 Å². The number of carbonyl (C=O) groups is 2. The number of hydrogen-bond donors (Lipinski definition) is 3. The Morgan fingerprint density at radius 1 is 1.06 bits per heavy atom. The second-order valence-electron chi connectivity index (χ2n) is 7.59. The Bertz CT molecular complexity index is 1170. The summed E-state index contributed by atoms with van der Waals surface area (Å²) in [6, 6.07) is 17.3. The number of unbranched alkanes of at least 4 members (excludes halogenated alkanes) is 1. The number of ether oxygens (including phenoxy) is 1. The predicted octanol–water partition coefficient (Wildman–Crippen LogP) is 3.00.